The summed E-state index contributed by atoms with van der Waals surface area (Å²) in [5.74, 6) is 0.848. The van der Waals surface area contributed by atoms with Crippen LogP contribution in [0, 0.1) is 27.6 Å². The fourth-order valence-electron chi connectivity index (χ4n) is 5.80. The summed E-state index contributed by atoms with van der Waals surface area (Å²) >= 11 is 2.86. The number of fused-ring (bicyclic) bond motifs is 5. The molecule has 6 unspecified atom stereocenters. The molecule has 6 atom stereocenters. The molecular formula is C15H21O2Ru. The molecule has 0 aliphatic heterocycles. The Morgan fingerprint density at radius 2 is 1.44 bits per heavy atom. The quantitative estimate of drug-likeness (QED) is 0.504. The molecule has 0 saturated heterocycles. The van der Waals surface area contributed by atoms with E-state index in [-0.39, 0.29) is 28.8 Å². The van der Waals surface area contributed by atoms with Crippen LogP contribution in [0.1, 0.15) is 47.5 Å². The minimum absolute atomic E-state index is 0.0322. The predicted molar refractivity (Wildman–Crippen MR) is 64.6 cm³/mol. The van der Waals surface area contributed by atoms with Gasteiger partial charge in [0.1, 0.15) is 0 Å². The van der Waals surface area contributed by atoms with E-state index in [2.05, 4.69) is 52.9 Å². The Bertz CT molecular complexity index is 445. The van der Waals surface area contributed by atoms with Gasteiger partial charge in [-0.15, -0.1) is 0 Å². The van der Waals surface area contributed by atoms with E-state index in [1.807, 2.05) is 0 Å². The third kappa shape index (κ3) is 0.847. The zero-order chi connectivity index (χ0) is 13.7. The minimum atomic E-state index is -0.464. The summed E-state index contributed by atoms with van der Waals surface area (Å²) in [5.41, 5.74) is -1.00. The first-order valence-corrected chi connectivity index (χ1v) is 7.77. The van der Waals surface area contributed by atoms with E-state index >= 15 is 0 Å². The van der Waals surface area contributed by atoms with Crippen LogP contribution in [0.4, 0.5) is 0 Å². The van der Waals surface area contributed by atoms with Crippen molar-refractivity contribution in [1.82, 2.24) is 0 Å². The van der Waals surface area contributed by atoms with Crippen molar-refractivity contribution in [3.63, 3.8) is 0 Å². The van der Waals surface area contributed by atoms with Crippen molar-refractivity contribution in [3.05, 3.63) is 0 Å². The van der Waals surface area contributed by atoms with Crippen LogP contribution in [0.2, 0.25) is 4.51 Å². The summed E-state index contributed by atoms with van der Waals surface area (Å²) in [6.07, 6.45) is 1.16. The van der Waals surface area contributed by atoms with E-state index in [9.17, 15) is 9.59 Å². The first-order chi connectivity index (χ1) is 8.07. The molecule has 3 heteroatoms. The van der Waals surface area contributed by atoms with Gasteiger partial charge < -0.3 is 0 Å². The van der Waals surface area contributed by atoms with E-state index < -0.39 is 10.8 Å². The molecule has 101 valence electrons. The van der Waals surface area contributed by atoms with Crippen LogP contribution in [0.3, 0.4) is 0 Å². The van der Waals surface area contributed by atoms with Crippen LogP contribution in [0.5, 0.6) is 0 Å². The zero-order valence-corrected chi connectivity index (χ0v) is 13.5. The molecule has 0 aromatic rings. The molecule has 0 aromatic heterocycles. The second-order valence-corrected chi connectivity index (χ2v) is 8.54. The summed E-state index contributed by atoms with van der Waals surface area (Å²) in [6, 6.07) is 0. The molecular weight excluding hydrogens is 313 g/mol. The van der Waals surface area contributed by atoms with E-state index in [0.717, 1.165) is 6.42 Å². The van der Waals surface area contributed by atoms with Crippen molar-refractivity contribution in [2.75, 3.05) is 0 Å². The van der Waals surface area contributed by atoms with Gasteiger partial charge in [0.25, 0.3) is 0 Å². The van der Waals surface area contributed by atoms with Crippen molar-refractivity contribution >= 4 is 11.6 Å². The monoisotopic (exact) mass is 335 g/mol. The molecule has 3 aliphatic carbocycles. The second kappa shape index (κ2) is 3.00. The van der Waals surface area contributed by atoms with Crippen molar-refractivity contribution < 1.29 is 27.9 Å². The van der Waals surface area contributed by atoms with Gasteiger partial charge in [-0.05, 0) is 0 Å². The van der Waals surface area contributed by atoms with Gasteiger partial charge in [-0.2, -0.15) is 0 Å². The average molecular weight is 334 g/mol. The van der Waals surface area contributed by atoms with Crippen molar-refractivity contribution in [2.24, 2.45) is 27.6 Å². The maximum absolute atomic E-state index is 12.6. The Balaban J connectivity index is 2.35. The topological polar surface area (TPSA) is 34.1 Å². The van der Waals surface area contributed by atoms with Crippen LogP contribution in [0.25, 0.3) is 0 Å². The molecule has 0 N–H and O–H groups in total. The number of hydrogen-bond donors (Lipinski definition) is 0. The molecule has 0 amide bonds. The van der Waals surface area contributed by atoms with Gasteiger partial charge in [-0.3, -0.25) is 0 Å². The Labute approximate surface area is 119 Å². The summed E-state index contributed by atoms with van der Waals surface area (Å²) in [4.78, 5) is 25.1. The molecule has 0 radical (unpaired) electrons. The fourth-order valence-corrected chi connectivity index (χ4v) is 7.12. The summed E-state index contributed by atoms with van der Waals surface area (Å²) in [7, 11) is 0. The molecule has 3 aliphatic rings. The third-order valence-corrected chi connectivity index (χ3v) is 9.46. The maximum atomic E-state index is 12.6. The number of carbonyl (C=O) groups is 2. The normalized spacial score (nSPS) is 62.6. The van der Waals surface area contributed by atoms with Crippen LogP contribution in [-0.2, 0) is 27.9 Å². The SMILES string of the molecule is CC1[CH]([Ru])C2(C)CC1(C)C1(C)C(=O)CC(=O)C21C. The molecule has 3 fully saturated rings. The Morgan fingerprint density at radius 1 is 1.00 bits per heavy atom. The van der Waals surface area contributed by atoms with Crippen LogP contribution in [0.15, 0.2) is 0 Å². The Morgan fingerprint density at radius 3 is 1.94 bits per heavy atom. The van der Waals surface area contributed by atoms with E-state index in [1.165, 1.54) is 0 Å². The standard InChI is InChI=1S/C15H21O2.Ru/c1-9-7-12(2)8-13(9,3)15(5)11(17)6-10(16)14(12,15)4;/h7,9H,6,8H2,1-5H3;. The van der Waals surface area contributed by atoms with Gasteiger partial charge in [0, 0.05) is 0 Å². The van der Waals surface area contributed by atoms with E-state index in [0.29, 0.717) is 10.4 Å². The molecule has 2 nitrogen and oxygen atoms in total. The van der Waals surface area contributed by atoms with Crippen molar-refractivity contribution in [1.29, 1.82) is 0 Å². The van der Waals surface area contributed by atoms with Crippen molar-refractivity contribution in [3.8, 4) is 0 Å². The van der Waals surface area contributed by atoms with Crippen LogP contribution >= 0.6 is 0 Å². The van der Waals surface area contributed by atoms with Gasteiger partial charge in [0.15, 0.2) is 0 Å². The molecule has 0 aromatic carbocycles. The number of Topliss-reactive ketones (excluding diaryl/α,β-unsaturated/α-hetero) is 2. The van der Waals surface area contributed by atoms with Gasteiger partial charge in [0.2, 0.25) is 0 Å². The summed E-state index contributed by atoms with van der Waals surface area (Å²) < 4.78 is 0.440. The molecule has 0 spiro atoms. The molecule has 18 heavy (non-hydrogen) atoms. The third-order valence-electron chi connectivity index (χ3n) is 7.48. The van der Waals surface area contributed by atoms with Crippen LogP contribution < -0.4 is 0 Å². The zero-order valence-electron chi connectivity index (χ0n) is 11.7. The summed E-state index contributed by atoms with van der Waals surface area (Å²) in [6.45, 7) is 10.9. The number of rotatable bonds is 0. The summed E-state index contributed by atoms with van der Waals surface area (Å²) in [5, 5.41) is 0. The Kier molecular flexibility index (Phi) is 2.16. The van der Waals surface area contributed by atoms with Crippen LogP contribution in [-0.4, -0.2) is 11.6 Å². The first kappa shape index (κ1) is 13.0. The number of hydrogen-bond acceptors (Lipinski definition) is 2. The fraction of sp³-hybridized carbons (Fsp3) is 0.867. The van der Waals surface area contributed by atoms with Gasteiger partial charge >= 0.3 is 119 Å². The van der Waals surface area contributed by atoms with Gasteiger partial charge in [-0.25, -0.2) is 0 Å². The van der Waals surface area contributed by atoms with Crippen molar-refractivity contribution in [2.45, 2.75) is 52.0 Å². The predicted octanol–water partition coefficient (Wildman–Crippen LogP) is 2.94. The molecule has 3 saturated carbocycles. The number of ketones is 2. The average Bonchev–Trinajstić information content (AvgIpc) is 2.66. The van der Waals surface area contributed by atoms with E-state index in [1.54, 1.807) is 0 Å². The Hall–Kier alpha value is -0.0366. The first-order valence-electron chi connectivity index (χ1n) is 6.76. The molecule has 2 bridgehead atoms. The molecule has 3 rings (SSSR count). The van der Waals surface area contributed by atoms with Gasteiger partial charge in [-0.1, -0.05) is 0 Å². The second-order valence-electron chi connectivity index (χ2n) is 7.46. The van der Waals surface area contributed by atoms with Gasteiger partial charge in [0.05, 0.1) is 0 Å². The number of carbonyl (C=O) groups excluding carboxylic acids is 2. The van der Waals surface area contributed by atoms with E-state index in [4.69, 9.17) is 0 Å². The molecule has 0 heterocycles.